The minimum absolute atomic E-state index is 0.119. The van der Waals surface area contributed by atoms with Gasteiger partial charge in [-0.15, -0.1) is 0 Å². The number of rotatable bonds is 8. The lowest BCUT2D eigenvalue weighted by Crippen LogP contribution is -2.36. The van der Waals surface area contributed by atoms with Gasteiger partial charge in [-0.1, -0.05) is 18.2 Å². The summed E-state index contributed by atoms with van der Waals surface area (Å²) in [5, 5.41) is 5.57. The van der Waals surface area contributed by atoms with Gasteiger partial charge in [0.1, 0.15) is 11.6 Å². The summed E-state index contributed by atoms with van der Waals surface area (Å²) in [4.78, 5) is 18.6. The molecule has 2 heterocycles. The average Bonchev–Trinajstić information content (AvgIpc) is 3.22. The summed E-state index contributed by atoms with van der Waals surface area (Å²) in [7, 11) is 0. The van der Waals surface area contributed by atoms with E-state index in [2.05, 4.69) is 25.3 Å². The summed E-state index contributed by atoms with van der Waals surface area (Å²) in [6.45, 7) is 0.110. The van der Waals surface area contributed by atoms with Crippen LogP contribution in [0.3, 0.4) is 0 Å². The number of hydrogen-bond donors (Lipinski definition) is 2. The molecule has 28 heavy (non-hydrogen) atoms. The van der Waals surface area contributed by atoms with Gasteiger partial charge in [0.15, 0.2) is 0 Å². The van der Waals surface area contributed by atoms with E-state index in [1.165, 1.54) is 25.0 Å². The van der Waals surface area contributed by atoms with Crippen LogP contribution in [0.1, 0.15) is 24.0 Å². The molecule has 0 aliphatic carbocycles. The highest BCUT2D eigenvalue weighted by Crippen LogP contribution is 2.17. The highest BCUT2D eigenvalue weighted by molar-refractivity contribution is 5.73. The van der Waals surface area contributed by atoms with Crippen molar-refractivity contribution < 1.29 is 18.3 Å². The summed E-state index contributed by atoms with van der Waals surface area (Å²) < 4.78 is 28.5. The summed E-state index contributed by atoms with van der Waals surface area (Å²) in [6, 6.07) is 10.1. The molecule has 0 spiro atoms. The molecule has 1 aliphatic rings. The lowest BCUT2D eigenvalue weighted by atomic mass is 10.1. The fourth-order valence-corrected chi connectivity index (χ4v) is 3.06. The Hall–Kier alpha value is -2.90. The molecule has 0 saturated carbocycles. The zero-order chi connectivity index (χ0) is 19.8. The third kappa shape index (κ3) is 6.07. The maximum Gasteiger partial charge on any atom is 0.387 e. The molecule has 1 aromatic heterocycles. The van der Waals surface area contributed by atoms with E-state index in [1.54, 1.807) is 18.3 Å². The second kappa shape index (κ2) is 9.87. The van der Waals surface area contributed by atoms with Gasteiger partial charge in [0.25, 0.3) is 0 Å². The van der Waals surface area contributed by atoms with Crippen LogP contribution in [0.15, 0.2) is 42.6 Å². The Labute approximate surface area is 162 Å². The van der Waals surface area contributed by atoms with Crippen molar-refractivity contribution in [3.8, 4) is 5.75 Å². The number of urea groups is 1. The molecule has 1 aromatic carbocycles. The number of alkyl halides is 2. The van der Waals surface area contributed by atoms with Gasteiger partial charge in [-0.2, -0.15) is 8.78 Å². The van der Waals surface area contributed by atoms with Crippen LogP contribution in [0.4, 0.5) is 19.4 Å². The molecule has 6 nitrogen and oxygen atoms in total. The van der Waals surface area contributed by atoms with Crippen molar-refractivity contribution in [1.82, 2.24) is 15.6 Å². The summed E-state index contributed by atoms with van der Waals surface area (Å²) in [5.74, 6) is 1.10. The smallest absolute Gasteiger partial charge is 0.387 e. The number of nitrogens with zero attached hydrogens (tertiary/aromatic N) is 2. The molecule has 0 unspecified atom stereocenters. The second-order valence-electron chi connectivity index (χ2n) is 6.60. The summed E-state index contributed by atoms with van der Waals surface area (Å²) in [5.41, 5.74) is 1.86. The number of carbonyl (C=O) groups is 1. The number of hydrogen-bond acceptors (Lipinski definition) is 4. The molecular weight excluding hydrogens is 366 g/mol. The van der Waals surface area contributed by atoms with Crippen LogP contribution in [-0.2, 0) is 13.0 Å². The third-order valence-corrected chi connectivity index (χ3v) is 4.54. The first-order valence-corrected chi connectivity index (χ1v) is 9.35. The molecule has 3 rings (SSSR count). The lowest BCUT2D eigenvalue weighted by Gasteiger charge is -2.16. The van der Waals surface area contributed by atoms with Crippen molar-refractivity contribution in [2.45, 2.75) is 32.4 Å². The zero-order valence-corrected chi connectivity index (χ0v) is 15.5. The number of benzene rings is 1. The van der Waals surface area contributed by atoms with E-state index in [0.29, 0.717) is 19.5 Å². The molecule has 2 amide bonds. The van der Waals surface area contributed by atoms with Crippen molar-refractivity contribution in [3.63, 3.8) is 0 Å². The van der Waals surface area contributed by atoms with E-state index in [0.717, 1.165) is 30.0 Å². The Balaban J connectivity index is 1.35. The summed E-state index contributed by atoms with van der Waals surface area (Å²) in [6.07, 6.45) is 4.79. The first kappa shape index (κ1) is 19.9. The number of pyridine rings is 1. The zero-order valence-electron chi connectivity index (χ0n) is 15.5. The van der Waals surface area contributed by atoms with Crippen molar-refractivity contribution in [2.75, 3.05) is 24.5 Å². The molecule has 1 aliphatic heterocycles. The Morgan fingerprint density at radius 1 is 1.07 bits per heavy atom. The number of ether oxygens (including phenoxy) is 1. The first-order valence-electron chi connectivity index (χ1n) is 9.35. The average molecular weight is 390 g/mol. The Morgan fingerprint density at radius 3 is 2.43 bits per heavy atom. The topological polar surface area (TPSA) is 66.5 Å². The fraction of sp³-hybridized carbons (Fsp3) is 0.400. The van der Waals surface area contributed by atoms with Gasteiger partial charge in [0, 0.05) is 32.4 Å². The first-order chi connectivity index (χ1) is 13.6. The quantitative estimate of drug-likeness (QED) is 0.726. The summed E-state index contributed by atoms with van der Waals surface area (Å²) >= 11 is 0. The number of anilines is 1. The van der Waals surface area contributed by atoms with Crippen molar-refractivity contribution in [1.29, 1.82) is 0 Å². The minimum Gasteiger partial charge on any atom is -0.435 e. The Kier molecular flexibility index (Phi) is 7.00. The van der Waals surface area contributed by atoms with Crippen LogP contribution in [0.2, 0.25) is 0 Å². The molecule has 2 aromatic rings. The molecule has 0 radical (unpaired) electrons. The molecule has 1 saturated heterocycles. The molecule has 8 heteroatoms. The van der Waals surface area contributed by atoms with Crippen LogP contribution >= 0.6 is 0 Å². The number of amides is 2. The predicted molar refractivity (Wildman–Crippen MR) is 103 cm³/mol. The van der Waals surface area contributed by atoms with E-state index in [4.69, 9.17) is 0 Å². The number of carbonyl (C=O) groups excluding carboxylic acids is 1. The van der Waals surface area contributed by atoms with Gasteiger partial charge in [-0.05, 0) is 48.6 Å². The van der Waals surface area contributed by atoms with Gasteiger partial charge >= 0.3 is 12.6 Å². The molecule has 0 bridgehead atoms. The van der Waals surface area contributed by atoms with Crippen LogP contribution in [0.5, 0.6) is 5.75 Å². The van der Waals surface area contributed by atoms with Gasteiger partial charge in [-0.3, -0.25) is 0 Å². The lowest BCUT2D eigenvalue weighted by molar-refractivity contribution is -0.0498. The largest absolute Gasteiger partial charge is 0.435 e. The highest BCUT2D eigenvalue weighted by Gasteiger charge is 2.13. The van der Waals surface area contributed by atoms with E-state index >= 15 is 0 Å². The standard InChI is InChI=1S/C20H24F2N4O2/c21-19(22)28-17-6-3-15(4-7-17)9-10-23-20(27)25-14-16-5-8-18(24-13-16)26-11-1-2-12-26/h3-8,13,19H,1-2,9-12,14H2,(H2,23,25,27). The maximum absolute atomic E-state index is 12.1. The van der Waals surface area contributed by atoms with Crippen LogP contribution in [-0.4, -0.2) is 37.3 Å². The highest BCUT2D eigenvalue weighted by atomic mass is 19.3. The molecule has 2 N–H and O–H groups in total. The second-order valence-corrected chi connectivity index (χ2v) is 6.60. The number of aromatic nitrogens is 1. The predicted octanol–water partition coefficient (Wildman–Crippen LogP) is 3.33. The van der Waals surface area contributed by atoms with Crippen molar-refractivity contribution >= 4 is 11.8 Å². The third-order valence-electron chi connectivity index (χ3n) is 4.54. The molecule has 150 valence electrons. The Bertz CT molecular complexity index is 748. The van der Waals surface area contributed by atoms with Gasteiger partial charge < -0.3 is 20.3 Å². The Morgan fingerprint density at radius 2 is 1.79 bits per heavy atom. The van der Waals surface area contributed by atoms with Gasteiger partial charge in [0.2, 0.25) is 0 Å². The van der Waals surface area contributed by atoms with Crippen LogP contribution in [0.25, 0.3) is 0 Å². The van der Waals surface area contributed by atoms with E-state index in [9.17, 15) is 13.6 Å². The van der Waals surface area contributed by atoms with E-state index in [1.807, 2.05) is 12.1 Å². The maximum atomic E-state index is 12.1. The van der Waals surface area contributed by atoms with Crippen molar-refractivity contribution in [3.05, 3.63) is 53.7 Å². The fourth-order valence-electron chi connectivity index (χ4n) is 3.06. The normalized spacial score (nSPS) is 13.6. The number of halogens is 2. The SMILES string of the molecule is O=C(NCCc1ccc(OC(F)F)cc1)NCc1ccc(N2CCCC2)nc1. The van der Waals surface area contributed by atoms with Gasteiger partial charge in [0.05, 0.1) is 0 Å². The van der Waals surface area contributed by atoms with E-state index in [-0.39, 0.29) is 11.8 Å². The molecule has 0 atom stereocenters. The van der Waals surface area contributed by atoms with Crippen molar-refractivity contribution in [2.24, 2.45) is 0 Å². The molecular formula is C20H24F2N4O2. The van der Waals surface area contributed by atoms with Gasteiger partial charge in [-0.25, -0.2) is 9.78 Å². The van der Waals surface area contributed by atoms with E-state index < -0.39 is 6.61 Å². The van der Waals surface area contributed by atoms with Crippen LogP contribution < -0.4 is 20.3 Å². The number of nitrogens with one attached hydrogen (secondary N) is 2. The molecule has 1 fully saturated rings. The van der Waals surface area contributed by atoms with Crippen LogP contribution in [0, 0.1) is 0 Å². The minimum atomic E-state index is -2.83. The monoisotopic (exact) mass is 390 g/mol.